The number of Topliss-reactive ketones (excluding diaryl/α,β-unsaturated/α-hetero) is 1. The number of carbonyl (C=O) groups is 1. The summed E-state index contributed by atoms with van der Waals surface area (Å²) in [5.74, 6) is -0.886. The quantitative estimate of drug-likeness (QED) is 0.752. The van der Waals surface area contributed by atoms with Gasteiger partial charge in [0.05, 0.1) is 8.66 Å². The zero-order valence-corrected chi connectivity index (χ0v) is 8.59. The Morgan fingerprint density at radius 3 is 2.46 bits per heavy atom. The Morgan fingerprint density at radius 2 is 2.08 bits per heavy atom. The summed E-state index contributed by atoms with van der Waals surface area (Å²) >= 11 is 4.07. The summed E-state index contributed by atoms with van der Waals surface area (Å²) < 4.78 is 36.0. The van der Waals surface area contributed by atoms with E-state index in [2.05, 4.69) is 15.9 Å². The minimum Gasteiger partial charge on any atom is -0.293 e. The summed E-state index contributed by atoms with van der Waals surface area (Å²) in [6.45, 7) is 0. The number of thiophene rings is 1. The van der Waals surface area contributed by atoms with E-state index in [0.29, 0.717) is 3.79 Å². The molecule has 0 amide bonds. The Kier molecular flexibility index (Phi) is 3.13. The van der Waals surface area contributed by atoms with Gasteiger partial charge in [-0.15, -0.1) is 11.3 Å². The smallest absolute Gasteiger partial charge is 0.293 e. The van der Waals surface area contributed by atoms with E-state index < -0.39 is 18.4 Å². The summed E-state index contributed by atoms with van der Waals surface area (Å²) in [5, 5.41) is 0. The van der Waals surface area contributed by atoms with E-state index in [9.17, 15) is 18.0 Å². The molecule has 0 aliphatic carbocycles. The number of ketones is 1. The molecule has 1 aromatic rings. The van der Waals surface area contributed by atoms with E-state index in [4.69, 9.17) is 0 Å². The van der Waals surface area contributed by atoms with Crippen molar-refractivity contribution in [1.82, 2.24) is 0 Å². The van der Waals surface area contributed by atoms with Crippen LogP contribution in [0.15, 0.2) is 15.9 Å². The van der Waals surface area contributed by atoms with Crippen LogP contribution in [0.25, 0.3) is 0 Å². The van der Waals surface area contributed by atoms with E-state index >= 15 is 0 Å². The average molecular weight is 273 g/mol. The van der Waals surface area contributed by atoms with Gasteiger partial charge in [-0.3, -0.25) is 4.79 Å². The fraction of sp³-hybridized carbons (Fsp3) is 0.286. The first-order valence-corrected chi connectivity index (χ1v) is 4.85. The maximum atomic E-state index is 11.8. The molecule has 0 radical (unpaired) electrons. The lowest BCUT2D eigenvalue weighted by Gasteiger charge is -2.02. The Morgan fingerprint density at radius 1 is 1.46 bits per heavy atom. The van der Waals surface area contributed by atoms with E-state index in [1.807, 2.05) is 0 Å². The van der Waals surface area contributed by atoms with Crippen LogP contribution in [0.5, 0.6) is 0 Å². The molecule has 1 heterocycles. The van der Waals surface area contributed by atoms with Gasteiger partial charge in [0, 0.05) is 0 Å². The maximum Gasteiger partial charge on any atom is 0.396 e. The van der Waals surface area contributed by atoms with Gasteiger partial charge in [0.1, 0.15) is 6.42 Å². The molecule has 0 unspecified atom stereocenters. The molecule has 0 fully saturated rings. The van der Waals surface area contributed by atoms with Crippen molar-refractivity contribution in [2.45, 2.75) is 12.6 Å². The van der Waals surface area contributed by atoms with Crippen LogP contribution in [0.2, 0.25) is 0 Å². The Labute approximate surface area is 84.7 Å². The SMILES string of the molecule is O=C(CC(F)(F)F)c1ccc(Br)s1. The number of hydrogen-bond acceptors (Lipinski definition) is 2. The zero-order chi connectivity index (χ0) is 10.1. The van der Waals surface area contributed by atoms with E-state index in [-0.39, 0.29) is 4.88 Å². The van der Waals surface area contributed by atoms with Crippen LogP contribution in [0.1, 0.15) is 16.1 Å². The molecule has 0 atom stereocenters. The molecule has 0 saturated carbocycles. The van der Waals surface area contributed by atoms with E-state index in [1.54, 1.807) is 6.07 Å². The predicted octanol–water partition coefficient (Wildman–Crippen LogP) is 3.65. The van der Waals surface area contributed by atoms with Crippen molar-refractivity contribution in [3.05, 3.63) is 20.8 Å². The number of alkyl halides is 3. The molecule has 0 aliphatic rings. The number of rotatable bonds is 2. The monoisotopic (exact) mass is 272 g/mol. The van der Waals surface area contributed by atoms with Crippen molar-refractivity contribution in [2.75, 3.05) is 0 Å². The zero-order valence-electron chi connectivity index (χ0n) is 6.19. The maximum absolute atomic E-state index is 11.8. The molecule has 1 nitrogen and oxygen atoms in total. The molecule has 6 heteroatoms. The molecule has 0 bridgehead atoms. The summed E-state index contributed by atoms with van der Waals surface area (Å²) in [7, 11) is 0. The summed E-state index contributed by atoms with van der Waals surface area (Å²) in [4.78, 5) is 11.1. The average Bonchev–Trinajstić information content (AvgIpc) is 2.31. The molecule has 1 rings (SSSR count). The lowest BCUT2D eigenvalue weighted by Crippen LogP contribution is -2.13. The number of hydrogen-bond donors (Lipinski definition) is 0. The molecule has 0 saturated heterocycles. The van der Waals surface area contributed by atoms with Gasteiger partial charge >= 0.3 is 6.18 Å². The summed E-state index contributed by atoms with van der Waals surface area (Å²) in [6.07, 6.45) is -5.81. The van der Waals surface area contributed by atoms with Gasteiger partial charge in [-0.2, -0.15) is 13.2 Å². The molecular formula is C7H4BrF3OS. The van der Waals surface area contributed by atoms with Crippen LogP contribution in [0.3, 0.4) is 0 Å². The van der Waals surface area contributed by atoms with Crippen LogP contribution in [-0.4, -0.2) is 12.0 Å². The third-order valence-electron chi connectivity index (χ3n) is 1.21. The van der Waals surface area contributed by atoms with Crippen LogP contribution in [-0.2, 0) is 0 Å². The molecule has 72 valence electrons. The van der Waals surface area contributed by atoms with Crippen molar-refractivity contribution in [2.24, 2.45) is 0 Å². The Hall–Kier alpha value is -0.360. The van der Waals surface area contributed by atoms with Gasteiger partial charge in [-0.05, 0) is 28.1 Å². The largest absolute Gasteiger partial charge is 0.396 e. The van der Waals surface area contributed by atoms with Crippen LogP contribution < -0.4 is 0 Å². The Balaban J connectivity index is 2.70. The van der Waals surface area contributed by atoms with Gasteiger partial charge < -0.3 is 0 Å². The highest BCUT2D eigenvalue weighted by atomic mass is 79.9. The number of carbonyl (C=O) groups excluding carboxylic acids is 1. The van der Waals surface area contributed by atoms with Crippen molar-refractivity contribution < 1.29 is 18.0 Å². The summed E-state index contributed by atoms with van der Waals surface area (Å²) in [5.41, 5.74) is 0. The molecule has 0 N–H and O–H groups in total. The van der Waals surface area contributed by atoms with Crippen molar-refractivity contribution in [3.63, 3.8) is 0 Å². The molecule has 0 aliphatic heterocycles. The minimum atomic E-state index is -4.42. The molecular weight excluding hydrogens is 269 g/mol. The van der Waals surface area contributed by atoms with Gasteiger partial charge in [0.25, 0.3) is 0 Å². The first-order valence-electron chi connectivity index (χ1n) is 3.24. The van der Waals surface area contributed by atoms with Crippen LogP contribution >= 0.6 is 27.3 Å². The van der Waals surface area contributed by atoms with E-state index in [0.717, 1.165) is 11.3 Å². The molecule has 0 aromatic carbocycles. The second kappa shape index (κ2) is 3.79. The van der Waals surface area contributed by atoms with Crippen LogP contribution in [0.4, 0.5) is 13.2 Å². The molecule has 1 aromatic heterocycles. The summed E-state index contributed by atoms with van der Waals surface area (Å²) in [6, 6.07) is 2.93. The lowest BCUT2D eigenvalue weighted by atomic mass is 10.2. The van der Waals surface area contributed by atoms with Gasteiger partial charge in [0.15, 0.2) is 5.78 Å². The third-order valence-corrected chi connectivity index (χ3v) is 2.87. The third kappa shape index (κ3) is 3.48. The lowest BCUT2D eigenvalue weighted by molar-refractivity contribution is -0.125. The first-order chi connectivity index (χ1) is 5.88. The van der Waals surface area contributed by atoms with Gasteiger partial charge in [-0.25, -0.2) is 0 Å². The van der Waals surface area contributed by atoms with Gasteiger partial charge in [-0.1, -0.05) is 0 Å². The fourth-order valence-corrected chi connectivity index (χ4v) is 2.06. The normalized spacial score (nSPS) is 11.7. The topological polar surface area (TPSA) is 17.1 Å². The fourth-order valence-electron chi connectivity index (χ4n) is 0.733. The van der Waals surface area contributed by atoms with Gasteiger partial charge in [0.2, 0.25) is 0 Å². The van der Waals surface area contributed by atoms with E-state index in [1.165, 1.54) is 6.07 Å². The van der Waals surface area contributed by atoms with Crippen LogP contribution in [0, 0.1) is 0 Å². The number of halogens is 4. The highest BCUT2D eigenvalue weighted by Gasteiger charge is 2.31. The van der Waals surface area contributed by atoms with Crippen molar-refractivity contribution >= 4 is 33.0 Å². The molecule has 0 spiro atoms. The predicted molar refractivity (Wildman–Crippen MR) is 47.0 cm³/mol. The first kappa shape index (κ1) is 10.7. The second-order valence-corrected chi connectivity index (χ2v) is 4.78. The molecule has 13 heavy (non-hydrogen) atoms. The standard InChI is InChI=1S/C7H4BrF3OS/c8-6-2-1-5(13-6)4(12)3-7(9,10)11/h1-2H,3H2. The highest BCUT2D eigenvalue weighted by molar-refractivity contribution is 9.11. The Bertz CT molecular complexity index is 318. The highest BCUT2D eigenvalue weighted by Crippen LogP contribution is 2.27. The second-order valence-electron chi connectivity index (χ2n) is 2.32. The van der Waals surface area contributed by atoms with Crippen molar-refractivity contribution in [1.29, 1.82) is 0 Å². The van der Waals surface area contributed by atoms with Crippen molar-refractivity contribution in [3.8, 4) is 0 Å². The minimum absolute atomic E-state index is 0.129.